The maximum atomic E-state index is 5.77. The van der Waals surface area contributed by atoms with Crippen molar-refractivity contribution in [2.24, 2.45) is 0 Å². The highest BCUT2D eigenvalue weighted by atomic mass is 16.5. The number of rotatable bonds is 8. The molecular formula is C16H23NO. The molecule has 1 rings (SSSR count). The van der Waals surface area contributed by atoms with Crippen molar-refractivity contribution in [3.8, 4) is 18.1 Å². The molecule has 2 nitrogen and oxygen atoms in total. The average Bonchev–Trinajstić information content (AvgIpc) is 2.35. The molecule has 2 heteroatoms. The standard InChI is InChI=1S/C16H23NO/c1-4-5-6-9-12-17-13-15-10-7-8-11-16(15)18-14(2)3/h1,7-8,10-11,14,17H,5-6,9,12-13H2,2-3H3. The normalized spacial score (nSPS) is 10.3. The van der Waals surface area contributed by atoms with Gasteiger partial charge >= 0.3 is 0 Å². The number of para-hydroxylation sites is 1. The van der Waals surface area contributed by atoms with Gasteiger partial charge in [-0.3, -0.25) is 0 Å². The Balaban J connectivity index is 2.35. The molecule has 0 saturated carbocycles. The molecule has 0 bridgehead atoms. The van der Waals surface area contributed by atoms with Gasteiger partial charge in [0, 0.05) is 18.5 Å². The Morgan fingerprint density at radius 3 is 2.78 bits per heavy atom. The molecule has 0 amide bonds. The monoisotopic (exact) mass is 245 g/mol. The Morgan fingerprint density at radius 2 is 2.06 bits per heavy atom. The zero-order chi connectivity index (χ0) is 13.2. The van der Waals surface area contributed by atoms with E-state index in [4.69, 9.17) is 11.2 Å². The minimum Gasteiger partial charge on any atom is -0.491 e. The first-order valence-electron chi connectivity index (χ1n) is 6.62. The van der Waals surface area contributed by atoms with Gasteiger partial charge in [-0.05, 0) is 39.3 Å². The number of hydrogen-bond acceptors (Lipinski definition) is 2. The number of unbranched alkanes of at least 4 members (excludes halogenated alkanes) is 2. The number of ether oxygens (including phenoxy) is 1. The van der Waals surface area contributed by atoms with E-state index < -0.39 is 0 Å². The summed E-state index contributed by atoms with van der Waals surface area (Å²) in [4.78, 5) is 0. The summed E-state index contributed by atoms with van der Waals surface area (Å²) >= 11 is 0. The lowest BCUT2D eigenvalue weighted by Crippen LogP contribution is -2.16. The second-order valence-electron chi connectivity index (χ2n) is 4.61. The molecule has 18 heavy (non-hydrogen) atoms. The Morgan fingerprint density at radius 1 is 1.28 bits per heavy atom. The van der Waals surface area contributed by atoms with Crippen LogP contribution in [-0.2, 0) is 6.54 Å². The van der Waals surface area contributed by atoms with E-state index in [1.54, 1.807) is 0 Å². The van der Waals surface area contributed by atoms with Crippen molar-refractivity contribution >= 4 is 0 Å². The predicted octanol–water partition coefficient (Wildman–Crippen LogP) is 3.37. The van der Waals surface area contributed by atoms with Crippen LogP contribution in [0.2, 0.25) is 0 Å². The molecule has 0 heterocycles. The molecule has 0 atom stereocenters. The van der Waals surface area contributed by atoms with Gasteiger partial charge in [0.05, 0.1) is 6.10 Å². The van der Waals surface area contributed by atoms with Gasteiger partial charge in [0.1, 0.15) is 5.75 Å². The highest BCUT2D eigenvalue weighted by molar-refractivity contribution is 5.33. The zero-order valence-electron chi connectivity index (χ0n) is 11.4. The van der Waals surface area contributed by atoms with Gasteiger partial charge in [-0.25, -0.2) is 0 Å². The predicted molar refractivity (Wildman–Crippen MR) is 76.6 cm³/mol. The van der Waals surface area contributed by atoms with Gasteiger partial charge in [-0.15, -0.1) is 12.3 Å². The Bertz CT molecular complexity index is 379. The third-order valence-corrected chi connectivity index (χ3v) is 2.58. The molecular weight excluding hydrogens is 222 g/mol. The molecule has 0 spiro atoms. The molecule has 0 aliphatic rings. The van der Waals surface area contributed by atoms with Gasteiger partial charge in [0.2, 0.25) is 0 Å². The molecule has 1 aromatic carbocycles. The van der Waals surface area contributed by atoms with Gasteiger partial charge in [-0.2, -0.15) is 0 Å². The van der Waals surface area contributed by atoms with Crippen molar-refractivity contribution in [1.29, 1.82) is 0 Å². The highest BCUT2D eigenvalue weighted by Crippen LogP contribution is 2.18. The number of terminal acetylenes is 1. The molecule has 0 radical (unpaired) electrons. The summed E-state index contributed by atoms with van der Waals surface area (Å²) in [6.45, 7) is 5.94. The summed E-state index contributed by atoms with van der Waals surface area (Å²) in [7, 11) is 0. The van der Waals surface area contributed by atoms with E-state index in [9.17, 15) is 0 Å². The summed E-state index contributed by atoms with van der Waals surface area (Å²) in [5, 5.41) is 3.43. The molecule has 0 unspecified atom stereocenters. The lowest BCUT2D eigenvalue weighted by atomic mass is 10.2. The lowest BCUT2D eigenvalue weighted by Gasteiger charge is -2.14. The van der Waals surface area contributed by atoms with E-state index in [-0.39, 0.29) is 6.10 Å². The minimum absolute atomic E-state index is 0.210. The number of hydrogen-bond donors (Lipinski definition) is 1. The molecule has 1 N–H and O–H groups in total. The van der Waals surface area contributed by atoms with Crippen molar-refractivity contribution < 1.29 is 4.74 Å². The third kappa shape index (κ3) is 5.75. The third-order valence-electron chi connectivity index (χ3n) is 2.58. The second-order valence-corrected chi connectivity index (χ2v) is 4.61. The molecule has 0 aliphatic carbocycles. The number of nitrogens with one attached hydrogen (secondary N) is 1. The number of benzene rings is 1. The van der Waals surface area contributed by atoms with Gasteiger partial charge < -0.3 is 10.1 Å². The van der Waals surface area contributed by atoms with Gasteiger partial charge in [-0.1, -0.05) is 18.2 Å². The topological polar surface area (TPSA) is 21.3 Å². The first-order chi connectivity index (χ1) is 8.74. The van der Waals surface area contributed by atoms with E-state index in [1.807, 2.05) is 32.0 Å². The van der Waals surface area contributed by atoms with Crippen molar-refractivity contribution in [2.75, 3.05) is 6.54 Å². The fourth-order valence-corrected chi connectivity index (χ4v) is 1.72. The fraction of sp³-hybridized carbons (Fsp3) is 0.500. The van der Waals surface area contributed by atoms with E-state index in [2.05, 4.69) is 17.3 Å². The zero-order valence-corrected chi connectivity index (χ0v) is 11.4. The van der Waals surface area contributed by atoms with Gasteiger partial charge in [0.15, 0.2) is 0 Å². The Hall–Kier alpha value is -1.46. The fourth-order valence-electron chi connectivity index (χ4n) is 1.72. The van der Waals surface area contributed by atoms with Crippen LogP contribution >= 0.6 is 0 Å². The first-order valence-corrected chi connectivity index (χ1v) is 6.62. The van der Waals surface area contributed by atoms with Crippen LogP contribution in [-0.4, -0.2) is 12.6 Å². The summed E-state index contributed by atoms with van der Waals surface area (Å²) in [6.07, 6.45) is 8.51. The average molecular weight is 245 g/mol. The molecule has 0 fully saturated rings. The molecule has 0 aliphatic heterocycles. The van der Waals surface area contributed by atoms with Crippen LogP contribution in [0.25, 0.3) is 0 Å². The van der Waals surface area contributed by atoms with Crippen LogP contribution in [0.15, 0.2) is 24.3 Å². The molecule has 0 saturated heterocycles. The van der Waals surface area contributed by atoms with Crippen molar-refractivity contribution in [3.05, 3.63) is 29.8 Å². The van der Waals surface area contributed by atoms with Gasteiger partial charge in [0.25, 0.3) is 0 Å². The molecule has 98 valence electrons. The van der Waals surface area contributed by atoms with Crippen LogP contribution < -0.4 is 10.1 Å². The van der Waals surface area contributed by atoms with E-state index in [1.165, 1.54) is 5.56 Å². The SMILES string of the molecule is C#CCCCCNCc1ccccc1OC(C)C. The molecule has 0 aromatic heterocycles. The summed E-state index contributed by atoms with van der Waals surface area (Å²) in [5.74, 6) is 3.63. The first kappa shape index (κ1) is 14.6. The highest BCUT2D eigenvalue weighted by Gasteiger charge is 2.03. The van der Waals surface area contributed by atoms with Crippen molar-refractivity contribution in [2.45, 2.75) is 45.8 Å². The largest absolute Gasteiger partial charge is 0.491 e. The second kappa shape index (κ2) is 8.60. The summed E-state index contributed by atoms with van der Waals surface area (Å²) in [5.41, 5.74) is 1.21. The maximum Gasteiger partial charge on any atom is 0.124 e. The summed E-state index contributed by atoms with van der Waals surface area (Å²) < 4.78 is 5.77. The molecule has 1 aromatic rings. The van der Waals surface area contributed by atoms with Crippen LogP contribution in [0.5, 0.6) is 5.75 Å². The summed E-state index contributed by atoms with van der Waals surface area (Å²) in [6, 6.07) is 8.18. The van der Waals surface area contributed by atoms with Crippen LogP contribution in [0, 0.1) is 12.3 Å². The quantitative estimate of drug-likeness (QED) is 0.560. The van der Waals surface area contributed by atoms with Crippen molar-refractivity contribution in [1.82, 2.24) is 5.32 Å². The Labute approximate surface area is 111 Å². The lowest BCUT2D eigenvalue weighted by molar-refractivity contribution is 0.239. The smallest absolute Gasteiger partial charge is 0.124 e. The van der Waals surface area contributed by atoms with E-state index in [0.29, 0.717) is 0 Å². The minimum atomic E-state index is 0.210. The van der Waals surface area contributed by atoms with E-state index in [0.717, 1.165) is 38.1 Å². The van der Waals surface area contributed by atoms with Crippen LogP contribution in [0.3, 0.4) is 0 Å². The van der Waals surface area contributed by atoms with Crippen molar-refractivity contribution in [3.63, 3.8) is 0 Å². The van der Waals surface area contributed by atoms with Crippen LogP contribution in [0.1, 0.15) is 38.7 Å². The van der Waals surface area contributed by atoms with E-state index >= 15 is 0 Å². The Kier molecular flexibility index (Phi) is 6.98. The van der Waals surface area contributed by atoms with Crippen LogP contribution in [0.4, 0.5) is 0 Å². The maximum absolute atomic E-state index is 5.77.